The van der Waals surface area contributed by atoms with Crippen molar-refractivity contribution in [2.75, 3.05) is 5.43 Å². The van der Waals surface area contributed by atoms with Crippen molar-refractivity contribution in [2.24, 2.45) is 5.84 Å². The van der Waals surface area contributed by atoms with E-state index in [-0.39, 0.29) is 0 Å². The number of nitrogens with two attached hydrogens (primary N) is 1. The summed E-state index contributed by atoms with van der Waals surface area (Å²) in [7, 11) is 0. The van der Waals surface area contributed by atoms with Gasteiger partial charge in [0.2, 0.25) is 0 Å². The van der Waals surface area contributed by atoms with Gasteiger partial charge in [-0.15, -0.1) is 0 Å². The summed E-state index contributed by atoms with van der Waals surface area (Å²) in [6.07, 6.45) is 0. The Bertz CT molecular complexity index is 622. The smallest absolute Gasteiger partial charge is 0.121 e. The number of ether oxygens (including phenoxy) is 1. The fraction of sp³-hybridized carbons (Fsp3) is 0.0714. The number of hydrazine groups is 1. The molecule has 0 aliphatic carbocycles. The van der Waals surface area contributed by atoms with Crippen molar-refractivity contribution < 1.29 is 4.74 Å². The molecule has 96 valence electrons. The van der Waals surface area contributed by atoms with Crippen molar-refractivity contribution in [1.29, 1.82) is 5.26 Å². The second-order valence-electron chi connectivity index (χ2n) is 3.88. The van der Waals surface area contributed by atoms with Crippen molar-refractivity contribution >= 4 is 17.3 Å². The number of hydrogen-bond donors (Lipinski definition) is 2. The van der Waals surface area contributed by atoms with Crippen LogP contribution in [0, 0.1) is 11.3 Å². The van der Waals surface area contributed by atoms with Gasteiger partial charge in [0.25, 0.3) is 0 Å². The van der Waals surface area contributed by atoms with Gasteiger partial charge >= 0.3 is 0 Å². The molecular formula is C14H12ClN3O. The molecule has 19 heavy (non-hydrogen) atoms. The number of nitrogen functional groups attached to an aromatic ring is 1. The van der Waals surface area contributed by atoms with Gasteiger partial charge < -0.3 is 10.2 Å². The van der Waals surface area contributed by atoms with Gasteiger partial charge in [0.1, 0.15) is 12.4 Å². The molecule has 0 aromatic heterocycles. The Balaban J connectivity index is 2.08. The Morgan fingerprint density at radius 2 is 2.11 bits per heavy atom. The minimum Gasteiger partial charge on any atom is -0.489 e. The minimum absolute atomic E-state index is 0.332. The molecule has 0 aliphatic heterocycles. The maximum atomic E-state index is 8.80. The molecule has 3 N–H and O–H groups in total. The van der Waals surface area contributed by atoms with Gasteiger partial charge in [-0.25, -0.2) is 0 Å². The van der Waals surface area contributed by atoms with Crippen LogP contribution in [0.3, 0.4) is 0 Å². The van der Waals surface area contributed by atoms with Gasteiger partial charge in [-0.2, -0.15) is 5.26 Å². The lowest BCUT2D eigenvalue weighted by Crippen LogP contribution is -2.07. The summed E-state index contributed by atoms with van der Waals surface area (Å²) in [5.41, 5.74) is 4.67. The molecule has 2 rings (SSSR count). The zero-order valence-electron chi connectivity index (χ0n) is 10.1. The van der Waals surface area contributed by atoms with Gasteiger partial charge in [-0.05, 0) is 30.3 Å². The second kappa shape index (κ2) is 6.10. The van der Waals surface area contributed by atoms with Crippen LogP contribution in [0.15, 0.2) is 42.5 Å². The molecule has 0 aliphatic rings. The van der Waals surface area contributed by atoms with Gasteiger partial charge in [-0.1, -0.05) is 23.7 Å². The molecular weight excluding hydrogens is 262 g/mol. The van der Waals surface area contributed by atoms with Crippen LogP contribution in [0.1, 0.15) is 11.1 Å². The molecule has 4 nitrogen and oxygen atoms in total. The number of nitrogens with zero attached hydrogens (tertiary/aromatic N) is 1. The summed E-state index contributed by atoms with van der Waals surface area (Å²) in [6.45, 7) is 0.332. The van der Waals surface area contributed by atoms with E-state index >= 15 is 0 Å². The van der Waals surface area contributed by atoms with Crippen LogP contribution >= 0.6 is 11.6 Å². The average Bonchev–Trinajstić information content (AvgIpc) is 2.46. The van der Waals surface area contributed by atoms with Crippen LogP contribution in [0.4, 0.5) is 5.69 Å². The van der Waals surface area contributed by atoms with Gasteiger partial charge in [0, 0.05) is 16.3 Å². The Morgan fingerprint density at radius 3 is 2.79 bits per heavy atom. The quantitative estimate of drug-likeness (QED) is 0.663. The van der Waals surface area contributed by atoms with Crippen LogP contribution in [0.5, 0.6) is 5.75 Å². The number of benzene rings is 2. The molecule has 0 bridgehead atoms. The highest BCUT2D eigenvalue weighted by Gasteiger charge is 2.03. The highest BCUT2D eigenvalue weighted by Crippen LogP contribution is 2.22. The highest BCUT2D eigenvalue weighted by molar-refractivity contribution is 6.31. The van der Waals surface area contributed by atoms with Gasteiger partial charge in [-0.3, -0.25) is 5.84 Å². The molecule has 0 fully saturated rings. The zero-order valence-corrected chi connectivity index (χ0v) is 10.8. The predicted molar refractivity (Wildman–Crippen MR) is 74.8 cm³/mol. The number of anilines is 1. The maximum Gasteiger partial charge on any atom is 0.121 e. The standard InChI is InChI=1S/C14H12ClN3O/c15-14-7-12(18-17)5-4-11(14)9-19-13-3-1-2-10(6-13)8-16/h1-7,18H,9,17H2. The van der Waals surface area contributed by atoms with E-state index in [0.717, 1.165) is 11.3 Å². The fourth-order valence-corrected chi connectivity index (χ4v) is 1.81. The van der Waals surface area contributed by atoms with Crippen LogP contribution in [-0.2, 0) is 6.61 Å². The van der Waals surface area contributed by atoms with Gasteiger partial charge in [0.15, 0.2) is 0 Å². The van der Waals surface area contributed by atoms with E-state index < -0.39 is 0 Å². The molecule has 0 heterocycles. The third kappa shape index (κ3) is 3.38. The lowest BCUT2D eigenvalue weighted by molar-refractivity contribution is 0.306. The van der Waals surface area contributed by atoms with E-state index in [1.807, 2.05) is 12.1 Å². The normalized spacial score (nSPS) is 9.74. The third-order valence-corrected chi connectivity index (χ3v) is 2.93. The average molecular weight is 274 g/mol. The molecule has 2 aromatic rings. The SMILES string of the molecule is N#Cc1cccc(OCc2ccc(NN)cc2Cl)c1. The van der Waals surface area contributed by atoms with Gasteiger partial charge in [0.05, 0.1) is 11.6 Å². The fourth-order valence-electron chi connectivity index (χ4n) is 1.57. The van der Waals surface area contributed by atoms with Crippen molar-refractivity contribution in [3.05, 3.63) is 58.6 Å². The molecule has 0 radical (unpaired) electrons. The number of halogens is 1. The molecule has 2 aromatic carbocycles. The van der Waals surface area contributed by atoms with E-state index in [2.05, 4.69) is 11.5 Å². The van der Waals surface area contributed by atoms with E-state index in [4.69, 9.17) is 27.4 Å². The first-order valence-electron chi connectivity index (χ1n) is 5.61. The second-order valence-corrected chi connectivity index (χ2v) is 4.29. The van der Waals surface area contributed by atoms with E-state index in [1.54, 1.807) is 30.3 Å². The van der Waals surface area contributed by atoms with Crippen LogP contribution < -0.4 is 16.0 Å². The molecule has 0 amide bonds. The maximum absolute atomic E-state index is 8.80. The van der Waals surface area contributed by atoms with Crippen LogP contribution in [0.2, 0.25) is 5.02 Å². The summed E-state index contributed by atoms with van der Waals surface area (Å²) in [4.78, 5) is 0. The number of rotatable bonds is 4. The Labute approximate surface area is 116 Å². The zero-order chi connectivity index (χ0) is 13.7. The predicted octanol–water partition coefficient (Wildman–Crippen LogP) is 3.08. The van der Waals surface area contributed by atoms with E-state index in [9.17, 15) is 0 Å². The first-order valence-corrected chi connectivity index (χ1v) is 5.98. The Kier molecular flexibility index (Phi) is 4.24. The molecule has 0 unspecified atom stereocenters. The molecule has 0 spiro atoms. The lowest BCUT2D eigenvalue weighted by atomic mass is 10.2. The topological polar surface area (TPSA) is 71.1 Å². The highest BCUT2D eigenvalue weighted by atomic mass is 35.5. The van der Waals surface area contributed by atoms with Crippen molar-refractivity contribution in [3.8, 4) is 11.8 Å². The Hall–Kier alpha value is -2.22. The molecule has 0 atom stereocenters. The summed E-state index contributed by atoms with van der Waals surface area (Å²) in [6, 6.07) is 14.4. The Morgan fingerprint density at radius 1 is 1.26 bits per heavy atom. The van der Waals surface area contributed by atoms with E-state index in [0.29, 0.717) is 22.9 Å². The van der Waals surface area contributed by atoms with Crippen LogP contribution in [-0.4, -0.2) is 0 Å². The van der Waals surface area contributed by atoms with Crippen molar-refractivity contribution in [2.45, 2.75) is 6.61 Å². The molecule has 0 saturated carbocycles. The molecule has 0 saturated heterocycles. The van der Waals surface area contributed by atoms with Crippen LogP contribution in [0.25, 0.3) is 0 Å². The van der Waals surface area contributed by atoms with Crippen molar-refractivity contribution in [1.82, 2.24) is 0 Å². The summed E-state index contributed by atoms with van der Waals surface area (Å²) in [5.74, 6) is 5.93. The lowest BCUT2D eigenvalue weighted by Gasteiger charge is -2.09. The molecule has 5 heteroatoms. The first-order chi connectivity index (χ1) is 9.22. The third-order valence-electron chi connectivity index (χ3n) is 2.58. The number of hydrogen-bond acceptors (Lipinski definition) is 4. The number of nitrogens with one attached hydrogen (secondary N) is 1. The summed E-state index contributed by atoms with van der Waals surface area (Å²) < 4.78 is 5.60. The summed E-state index contributed by atoms with van der Waals surface area (Å²) in [5, 5.41) is 9.38. The van der Waals surface area contributed by atoms with Crippen molar-refractivity contribution in [3.63, 3.8) is 0 Å². The summed E-state index contributed by atoms with van der Waals surface area (Å²) >= 11 is 6.11. The number of nitriles is 1. The largest absolute Gasteiger partial charge is 0.489 e. The monoisotopic (exact) mass is 273 g/mol. The first kappa shape index (κ1) is 13.2. The van der Waals surface area contributed by atoms with E-state index in [1.165, 1.54) is 0 Å². The minimum atomic E-state index is 0.332.